The Balaban J connectivity index is 1.91. The van der Waals surface area contributed by atoms with Gasteiger partial charge in [0.25, 0.3) is 0 Å². The lowest BCUT2D eigenvalue weighted by Gasteiger charge is -2.07. The Hall–Kier alpha value is -1.77. The van der Waals surface area contributed by atoms with E-state index in [-0.39, 0.29) is 17.7 Å². The standard InChI is InChI=1S/C14H12F2N2S/c15-13-6-10(8-17)7-14(16)12(13)9-18-4-3-11-2-1-5-19-11/h1-2,5-7,18H,3-4,9H2. The Bertz CT molecular complexity index is 565. The zero-order chi connectivity index (χ0) is 13.7. The van der Waals surface area contributed by atoms with Gasteiger partial charge in [0.2, 0.25) is 0 Å². The van der Waals surface area contributed by atoms with Gasteiger partial charge >= 0.3 is 0 Å². The maximum atomic E-state index is 13.6. The lowest BCUT2D eigenvalue weighted by atomic mass is 10.1. The molecule has 0 unspecified atom stereocenters. The summed E-state index contributed by atoms with van der Waals surface area (Å²) in [6.07, 6.45) is 0.831. The van der Waals surface area contributed by atoms with E-state index in [2.05, 4.69) is 5.32 Å². The van der Waals surface area contributed by atoms with Crippen LogP contribution in [-0.2, 0) is 13.0 Å². The molecule has 0 saturated heterocycles. The first kappa shape index (κ1) is 13.7. The third-order valence-electron chi connectivity index (χ3n) is 2.70. The molecule has 0 aliphatic rings. The molecule has 1 heterocycles. The summed E-state index contributed by atoms with van der Waals surface area (Å²) in [5.74, 6) is -1.36. The minimum atomic E-state index is -0.680. The Kier molecular flexibility index (Phi) is 4.61. The van der Waals surface area contributed by atoms with Crippen molar-refractivity contribution in [2.45, 2.75) is 13.0 Å². The summed E-state index contributed by atoms with van der Waals surface area (Å²) in [5, 5.41) is 13.6. The molecule has 1 aromatic heterocycles. The highest BCUT2D eigenvalue weighted by atomic mass is 32.1. The van der Waals surface area contributed by atoms with Crippen molar-refractivity contribution in [3.8, 4) is 6.07 Å². The summed E-state index contributed by atoms with van der Waals surface area (Å²) in [5.41, 5.74) is -0.0254. The number of rotatable bonds is 5. The number of benzene rings is 1. The monoisotopic (exact) mass is 278 g/mol. The van der Waals surface area contributed by atoms with Gasteiger partial charge < -0.3 is 5.32 Å². The highest BCUT2D eigenvalue weighted by molar-refractivity contribution is 7.09. The molecule has 19 heavy (non-hydrogen) atoms. The van der Waals surface area contributed by atoms with Crippen molar-refractivity contribution in [3.63, 3.8) is 0 Å². The molecule has 2 aromatic rings. The summed E-state index contributed by atoms with van der Waals surface area (Å²) in [7, 11) is 0. The van der Waals surface area contributed by atoms with E-state index >= 15 is 0 Å². The van der Waals surface area contributed by atoms with Gasteiger partial charge in [-0.15, -0.1) is 11.3 Å². The van der Waals surface area contributed by atoms with Gasteiger partial charge in [0.05, 0.1) is 11.6 Å². The lowest BCUT2D eigenvalue weighted by Crippen LogP contribution is -2.18. The van der Waals surface area contributed by atoms with E-state index in [1.807, 2.05) is 17.5 Å². The summed E-state index contributed by atoms with van der Waals surface area (Å²) >= 11 is 1.66. The number of nitriles is 1. The summed E-state index contributed by atoms with van der Waals surface area (Å²) in [6.45, 7) is 0.772. The van der Waals surface area contributed by atoms with Crippen LogP contribution in [-0.4, -0.2) is 6.54 Å². The van der Waals surface area contributed by atoms with Gasteiger partial charge in [-0.3, -0.25) is 0 Å². The van der Waals surface area contributed by atoms with E-state index in [1.54, 1.807) is 17.4 Å². The SMILES string of the molecule is N#Cc1cc(F)c(CNCCc2cccs2)c(F)c1. The molecule has 0 bridgehead atoms. The second-order valence-electron chi connectivity index (χ2n) is 4.04. The van der Waals surface area contributed by atoms with Crippen molar-refractivity contribution in [1.82, 2.24) is 5.32 Å². The molecule has 0 radical (unpaired) electrons. The van der Waals surface area contributed by atoms with E-state index in [0.717, 1.165) is 18.6 Å². The average Bonchev–Trinajstić information content (AvgIpc) is 2.89. The molecule has 2 rings (SSSR count). The van der Waals surface area contributed by atoms with Gasteiger partial charge in [-0.25, -0.2) is 8.78 Å². The highest BCUT2D eigenvalue weighted by Gasteiger charge is 2.10. The number of nitrogens with zero attached hydrogens (tertiary/aromatic N) is 1. The number of hydrogen-bond donors (Lipinski definition) is 1. The molecule has 1 aromatic carbocycles. The molecule has 0 aliphatic heterocycles. The quantitative estimate of drug-likeness (QED) is 0.852. The van der Waals surface area contributed by atoms with Crippen molar-refractivity contribution in [2.24, 2.45) is 0 Å². The lowest BCUT2D eigenvalue weighted by molar-refractivity contribution is 0.536. The first-order valence-electron chi connectivity index (χ1n) is 5.82. The van der Waals surface area contributed by atoms with Gasteiger partial charge in [0.15, 0.2) is 0 Å². The number of nitrogens with one attached hydrogen (secondary N) is 1. The second kappa shape index (κ2) is 6.41. The first-order valence-corrected chi connectivity index (χ1v) is 6.70. The zero-order valence-electron chi connectivity index (χ0n) is 10.1. The fraction of sp³-hybridized carbons (Fsp3) is 0.214. The van der Waals surface area contributed by atoms with Gasteiger partial charge in [-0.05, 0) is 30.0 Å². The van der Waals surface area contributed by atoms with E-state index in [4.69, 9.17) is 5.26 Å². The van der Waals surface area contributed by atoms with Crippen LogP contribution in [0, 0.1) is 23.0 Å². The van der Waals surface area contributed by atoms with Crippen molar-refractivity contribution in [1.29, 1.82) is 5.26 Å². The van der Waals surface area contributed by atoms with E-state index in [0.29, 0.717) is 6.54 Å². The highest BCUT2D eigenvalue weighted by Crippen LogP contribution is 2.15. The van der Waals surface area contributed by atoms with Crippen LogP contribution in [0.3, 0.4) is 0 Å². The first-order chi connectivity index (χ1) is 9.20. The Morgan fingerprint density at radius 3 is 2.58 bits per heavy atom. The van der Waals surface area contributed by atoms with Gasteiger partial charge in [0, 0.05) is 23.5 Å². The predicted molar refractivity (Wildman–Crippen MR) is 70.8 cm³/mol. The zero-order valence-corrected chi connectivity index (χ0v) is 10.9. The Morgan fingerprint density at radius 2 is 2.00 bits per heavy atom. The fourth-order valence-electron chi connectivity index (χ4n) is 1.72. The third kappa shape index (κ3) is 3.60. The minimum Gasteiger partial charge on any atom is -0.312 e. The van der Waals surface area contributed by atoms with Crippen LogP contribution < -0.4 is 5.32 Å². The summed E-state index contributed by atoms with van der Waals surface area (Å²) in [6, 6.07) is 7.83. The summed E-state index contributed by atoms with van der Waals surface area (Å²) < 4.78 is 27.1. The maximum absolute atomic E-state index is 13.6. The van der Waals surface area contributed by atoms with E-state index in [9.17, 15) is 8.78 Å². The number of hydrogen-bond acceptors (Lipinski definition) is 3. The largest absolute Gasteiger partial charge is 0.312 e. The predicted octanol–water partition coefficient (Wildman–Crippen LogP) is 3.23. The fourth-order valence-corrected chi connectivity index (χ4v) is 2.43. The molecule has 0 spiro atoms. The molecular formula is C14H12F2N2S. The van der Waals surface area contributed by atoms with Crippen molar-refractivity contribution in [3.05, 3.63) is 57.3 Å². The van der Waals surface area contributed by atoms with Gasteiger partial charge in [-0.1, -0.05) is 6.07 Å². The van der Waals surface area contributed by atoms with E-state index in [1.165, 1.54) is 4.88 Å². The topological polar surface area (TPSA) is 35.8 Å². The maximum Gasteiger partial charge on any atom is 0.131 e. The van der Waals surface area contributed by atoms with Crippen molar-refractivity contribution < 1.29 is 8.78 Å². The number of halogens is 2. The molecule has 5 heteroatoms. The number of thiophene rings is 1. The molecular weight excluding hydrogens is 266 g/mol. The molecule has 0 saturated carbocycles. The molecule has 98 valence electrons. The van der Waals surface area contributed by atoms with Crippen LogP contribution in [0.1, 0.15) is 16.0 Å². The summed E-state index contributed by atoms with van der Waals surface area (Å²) in [4.78, 5) is 1.23. The molecule has 0 fully saturated rings. The van der Waals surface area contributed by atoms with Crippen LogP contribution in [0.2, 0.25) is 0 Å². The molecule has 2 nitrogen and oxygen atoms in total. The van der Waals surface area contributed by atoms with Gasteiger partial charge in [-0.2, -0.15) is 5.26 Å². The second-order valence-corrected chi connectivity index (χ2v) is 5.07. The van der Waals surface area contributed by atoms with Crippen molar-refractivity contribution in [2.75, 3.05) is 6.54 Å². The molecule has 0 atom stereocenters. The Morgan fingerprint density at radius 1 is 1.26 bits per heavy atom. The van der Waals surface area contributed by atoms with E-state index < -0.39 is 11.6 Å². The Labute approximate surface area is 114 Å². The third-order valence-corrected chi connectivity index (χ3v) is 3.64. The molecule has 0 amide bonds. The van der Waals surface area contributed by atoms with Crippen LogP contribution in [0.4, 0.5) is 8.78 Å². The van der Waals surface area contributed by atoms with Crippen LogP contribution in [0.15, 0.2) is 29.6 Å². The molecule has 1 N–H and O–H groups in total. The smallest absolute Gasteiger partial charge is 0.131 e. The minimum absolute atomic E-state index is 0.00247. The van der Waals surface area contributed by atoms with Crippen LogP contribution in [0.25, 0.3) is 0 Å². The normalized spacial score (nSPS) is 10.4. The van der Waals surface area contributed by atoms with Crippen LogP contribution >= 0.6 is 11.3 Å². The van der Waals surface area contributed by atoms with Gasteiger partial charge in [0.1, 0.15) is 11.6 Å². The van der Waals surface area contributed by atoms with Crippen LogP contribution in [0.5, 0.6) is 0 Å². The van der Waals surface area contributed by atoms with Crippen molar-refractivity contribution >= 4 is 11.3 Å². The molecule has 0 aliphatic carbocycles. The average molecular weight is 278 g/mol.